The van der Waals surface area contributed by atoms with Crippen LogP contribution < -0.4 is 10.5 Å². The third-order valence-electron chi connectivity index (χ3n) is 2.43. The molecule has 0 aromatic carbocycles. The molecule has 2 N–H and O–H groups in total. The molecule has 14 heavy (non-hydrogen) atoms. The van der Waals surface area contributed by atoms with Crippen LogP contribution in [0.15, 0.2) is 6.07 Å². The fourth-order valence-corrected chi connectivity index (χ4v) is 2.42. The number of ether oxygens (including phenoxy) is 1. The number of nitrogens with zero attached hydrogens (tertiary/aromatic N) is 2. The molecule has 1 fully saturated rings. The van der Waals surface area contributed by atoms with Gasteiger partial charge in [-0.25, -0.2) is 0 Å². The first-order valence-electron chi connectivity index (χ1n) is 4.75. The van der Waals surface area contributed by atoms with E-state index in [4.69, 9.17) is 10.5 Å². The van der Waals surface area contributed by atoms with Crippen LogP contribution in [0.3, 0.4) is 0 Å². The first-order chi connectivity index (χ1) is 6.78. The van der Waals surface area contributed by atoms with Gasteiger partial charge in [0.25, 0.3) is 0 Å². The third-order valence-corrected chi connectivity index (χ3v) is 3.19. The van der Waals surface area contributed by atoms with Crippen LogP contribution in [0.4, 0.5) is 0 Å². The molecule has 1 unspecified atom stereocenters. The summed E-state index contributed by atoms with van der Waals surface area (Å²) < 4.78 is 9.19. The second kappa shape index (κ2) is 4.25. The molecular formula is C9H15N3OS. The predicted molar refractivity (Wildman–Crippen MR) is 56.5 cm³/mol. The molecule has 0 aliphatic carbocycles. The maximum Gasteiger partial charge on any atom is 0.225 e. The molecule has 0 spiro atoms. The van der Waals surface area contributed by atoms with Crippen molar-refractivity contribution in [1.82, 2.24) is 9.27 Å². The minimum atomic E-state index is 0.352. The largest absolute Gasteiger partial charge is 0.480 e. The Morgan fingerprint density at radius 2 is 2.64 bits per heavy atom. The molecule has 1 atom stereocenters. The van der Waals surface area contributed by atoms with Crippen molar-refractivity contribution in [2.45, 2.75) is 19.0 Å². The lowest BCUT2D eigenvalue weighted by Gasteiger charge is -2.12. The van der Waals surface area contributed by atoms with Crippen molar-refractivity contribution in [3.63, 3.8) is 0 Å². The monoisotopic (exact) mass is 213 g/mol. The highest BCUT2D eigenvalue weighted by atomic mass is 32.1. The van der Waals surface area contributed by atoms with Crippen LogP contribution in [-0.4, -0.2) is 35.5 Å². The maximum absolute atomic E-state index is 5.83. The van der Waals surface area contributed by atoms with Crippen LogP contribution in [-0.2, 0) is 6.54 Å². The van der Waals surface area contributed by atoms with Crippen LogP contribution in [0.25, 0.3) is 0 Å². The highest BCUT2D eigenvalue weighted by Gasteiger charge is 2.19. The molecule has 78 valence electrons. The van der Waals surface area contributed by atoms with Gasteiger partial charge in [-0.3, -0.25) is 4.90 Å². The summed E-state index contributed by atoms with van der Waals surface area (Å²) >= 11 is 1.50. The summed E-state index contributed by atoms with van der Waals surface area (Å²) in [5, 5.41) is 0. The maximum atomic E-state index is 5.83. The van der Waals surface area contributed by atoms with Crippen LogP contribution >= 0.6 is 11.5 Å². The molecule has 1 aliphatic rings. The fourth-order valence-electron chi connectivity index (χ4n) is 1.69. The Labute approximate surface area is 87.8 Å². The molecule has 0 saturated carbocycles. The van der Waals surface area contributed by atoms with Gasteiger partial charge in [-0.2, -0.15) is 4.37 Å². The summed E-state index contributed by atoms with van der Waals surface area (Å²) in [4.78, 5) is 3.61. The summed E-state index contributed by atoms with van der Waals surface area (Å²) in [6, 6.07) is 2.35. The normalized spacial score (nSPS) is 22.9. The van der Waals surface area contributed by atoms with E-state index >= 15 is 0 Å². The Bertz CT molecular complexity index is 302. The van der Waals surface area contributed by atoms with Crippen LogP contribution in [0.2, 0.25) is 0 Å². The van der Waals surface area contributed by atoms with E-state index in [0.29, 0.717) is 11.9 Å². The molecule has 1 saturated heterocycles. The second-order valence-electron chi connectivity index (χ2n) is 3.62. The first-order valence-corrected chi connectivity index (χ1v) is 5.53. The summed E-state index contributed by atoms with van der Waals surface area (Å²) in [5.74, 6) is 0.716. The van der Waals surface area contributed by atoms with E-state index in [0.717, 1.165) is 26.1 Å². The van der Waals surface area contributed by atoms with Gasteiger partial charge in [-0.15, -0.1) is 0 Å². The van der Waals surface area contributed by atoms with Crippen LogP contribution in [0.1, 0.15) is 11.3 Å². The lowest BCUT2D eigenvalue weighted by atomic mass is 10.3. The number of nitrogens with two attached hydrogens (primary N) is 1. The van der Waals surface area contributed by atoms with Gasteiger partial charge in [-0.05, 0) is 18.0 Å². The third kappa shape index (κ3) is 2.23. The Morgan fingerprint density at radius 3 is 3.21 bits per heavy atom. The Balaban J connectivity index is 1.90. The van der Waals surface area contributed by atoms with Crippen molar-refractivity contribution < 1.29 is 4.74 Å². The van der Waals surface area contributed by atoms with E-state index in [-0.39, 0.29) is 0 Å². The van der Waals surface area contributed by atoms with E-state index < -0.39 is 0 Å². The van der Waals surface area contributed by atoms with Gasteiger partial charge in [0.2, 0.25) is 5.88 Å². The Hall–Kier alpha value is -0.650. The van der Waals surface area contributed by atoms with Crippen LogP contribution in [0, 0.1) is 0 Å². The highest BCUT2D eigenvalue weighted by molar-refractivity contribution is 7.05. The predicted octanol–water partition coefficient (Wildman–Crippen LogP) is 0.685. The smallest absolute Gasteiger partial charge is 0.225 e. The van der Waals surface area contributed by atoms with Gasteiger partial charge >= 0.3 is 0 Å². The first kappa shape index (κ1) is 9.89. The summed E-state index contributed by atoms with van der Waals surface area (Å²) in [5.41, 5.74) is 5.83. The van der Waals surface area contributed by atoms with Gasteiger partial charge in [0.15, 0.2) is 0 Å². The van der Waals surface area contributed by atoms with E-state index in [9.17, 15) is 0 Å². The molecule has 0 amide bonds. The minimum Gasteiger partial charge on any atom is -0.480 e. The van der Waals surface area contributed by atoms with E-state index in [1.165, 1.54) is 16.4 Å². The summed E-state index contributed by atoms with van der Waals surface area (Å²) in [7, 11) is 1.64. The molecule has 1 aromatic rings. The molecule has 0 bridgehead atoms. The Kier molecular flexibility index (Phi) is 3.00. The molecule has 4 nitrogen and oxygen atoms in total. The lowest BCUT2D eigenvalue weighted by Crippen LogP contribution is -2.25. The van der Waals surface area contributed by atoms with Gasteiger partial charge in [0.1, 0.15) is 0 Å². The van der Waals surface area contributed by atoms with Gasteiger partial charge < -0.3 is 10.5 Å². The SMILES string of the molecule is COc1cc(CN2CCC(N)C2)sn1. The fraction of sp³-hybridized carbons (Fsp3) is 0.667. The average Bonchev–Trinajstić information content (AvgIpc) is 2.76. The zero-order chi connectivity index (χ0) is 9.97. The summed E-state index contributed by atoms with van der Waals surface area (Å²) in [6.07, 6.45) is 1.11. The minimum absolute atomic E-state index is 0.352. The number of rotatable bonds is 3. The molecular weight excluding hydrogens is 198 g/mol. The van der Waals surface area contributed by atoms with Crippen molar-refractivity contribution in [1.29, 1.82) is 0 Å². The Morgan fingerprint density at radius 1 is 1.79 bits per heavy atom. The second-order valence-corrected chi connectivity index (χ2v) is 4.51. The number of methoxy groups -OCH3 is 1. The standard InChI is InChI=1S/C9H15N3OS/c1-13-9-4-8(14-11-9)6-12-3-2-7(10)5-12/h4,7H,2-3,5-6,10H2,1H3. The lowest BCUT2D eigenvalue weighted by molar-refractivity contribution is 0.329. The van der Waals surface area contributed by atoms with E-state index in [1.807, 2.05) is 6.07 Å². The topological polar surface area (TPSA) is 51.4 Å². The van der Waals surface area contributed by atoms with E-state index in [2.05, 4.69) is 9.27 Å². The number of aromatic nitrogens is 1. The zero-order valence-corrected chi connectivity index (χ0v) is 9.09. The quantitative estimate of drug-likeness (QED) is 0.802. The molecule has 2 heterocycles. The van der Waals surface area contributed by atoms with Crippen molar-refractivity contribution in [3.05, 3.63) is 10.9 Å². The average molecular weight is 213 g/mol. The molecule has 1 aliphatic heterocycles. The van der Waals surface area contributed by atoms with Crippen molar-refractivity contribution in [3.8, 4) is 5.88 Å². The van der Waals surface area contributed by atoms with Gasteiger partial charge in [0.05, 0.1) is 7.11 Å². The molecule has 2 rings (SSSR count). The number of hydrogen-bond donors (Lipinski definition) is 1. The van der Waals surface area contributed by atoms with E-state index in [1.54, 1.807) is 7.11 Å². The zero-order valence-electron chi connectivity index (χ0n) is 8.27. The van der Waals surface area contributed by atoms with Gasteiger partial charge in [-0.1, -0.05) is 0 Å². The summed E-state index contributed by atoms with van der Waals surface area (Å²) in [6.45, 7) is 3.05. The van der Waals surface area contributed by atoms with Gasteiger partial charge in [0, 0.05) is 36.6 Å². The van der Waals surface area contributed by atoms with Crippen molar-refractivity contribution in [2.24, 2.45) is 5.73 Å². The number of hydrogen-bond acceptors (Lipinski definition) is 5. The van der Waals surface area contributed by atoms with Crippen molar-refractivity contribution >= 4 is 11.5 Å². The molecule has 0 radical (unpaired) electrons. The molecule has 1 aromatic heterocycles. The highest BCUT2D eigenvalue weighted by Crippen LogP contribution is 2.19. The number of likely N-dealkylation sites (tertiary alicyclic amines) is 1. The van der Waals surface area contributed by atoms with Crippen LogP contribution in [0.5, 0.6) is 5.88 Å². The molecule has 5 heteroatoms. The van der Waals surface area contributed by atoms with Crippen molar-refractivity contribution in [2.75, 3.05) is 20.2 Å².